The van der Waals surface area contributed by atoms with Gasteiger partial charge in [0.1, 0.15) is 6.04 Å². The molecule has 154 valence electrons. The molecule has 0 spiro atoms. The summed E-state index contributed by atoms with van der Waals surface area (Å²) in [5.74, 6) is 0.482. The zero-order valence-corrected chi connectivity index (χ0v) is 17.7. The highest BCUT2D eigenvalue weighted by Crippen LogP contribution is 2.36. The SMILES string of the molecule is CN1C(=O)Cc2ccc(-c3ccc(C[C@@H](C#N)NC(=O)C4NC5CCC4C5)s3)cc21. The van der Waals surface area contributed by atoms with Crippen molar-refractivity contribution in [2.45, 2.75) is 50.2 Å². The number of nitriles is 1. The van der Waals surface area contributed by atoms with E-state index in [2.05, 4.69) is 22.8 Å². The van der Waals surface area contributed by atoms with Gasteiger partial charge in [0.2, 0.25) is 11.8 Å². The Bertz CT molecular complexity index is 1060. The van der Waals surface area contributed by atoms with E-state index in [9.17, 15) is 14.9 Å². The van der Waals surface area contributed by atoms with Crippen molar-refractivity contribution in [2.24, 2.45) is 5.92 Å². The van der Waals surface area contributed by atoms with Crippen LogP contribution in [0.2, 0.25) is 0 Å². The van der Waals surface area contributed by atoms with Crippen LogP contribution in [0.25, 0.3) is 10.4 Å². The first-order valence-electron chi connectivity index (χ1n) is 10.5. The number of carbonyl (C=O) groups is 2. The van der Waals surface area contributed by atoms with Gasteiger partial charge in [0.05, 0.1) is 18.5 Å². The van der Waals surface area contributed by atoms with Crippen molar-refractivity contribution in [3.63, 3.8) is 0 Å². The number of anilines is 1. The molecule has 2 amide bonds. The summed E-state index contributed by atoms with van der Waals surface area (Å²) in [4.78, 5) is 28.4. The molecule has 0 radical (unpaired) electrons. The molecule has 5 rings (SSSR count). The highest BCUT2D eigenvalue weighted by Gasteiger charge is 2.43. The molecule has 7 heteroatoms. The van der Waals surface area contributed by atoms with Crippen LogP contribution >= 0.6 is 11.3 Å². The second-order valence-corrected chi connectivity index (χ2v) is 9.72. The highest BCUT2D eigenvalue weighted by molar-refractivity contribution is 7.15. The molecule has 2 bridgehead atoms. The van der Waals surface area contributed by atoms with Gasteiger partial charge in [-0.25, -0.2) is 0 Å². The summed E-state index contributed by atoms with van der Waals surface area (Å²) >= 11 is 1.63. The van der Waals surface area contributed by atoms with Gasteiger partial charge in [-0.05, 0) is 54.5 Å². The topological polar surface area (TPSA) is 85.2 Å². The predicted molar refractivity (Wildman–Crippen MR) is 116 cm³/mol. The third kappa shape index (κ3) is 3.40. The van der Waals surface area contributed by atoms with Crippen molar-refractivity contribution in [3.05, 3.63) is 40.8 Å². The molecular weight excluding hydrogens is 396 g/mol. The van der Waals surface area contributed by atoms with Gasteiger partial charge in [-0.2, -0.15) is 5.26 Å². The van der Waals surface area contributed by atoms with E-state index in [1.807, 2.05) is 31.3 Å². The summed E-state index contributed by atoms with van der Waals surface area (Å²) in [6, 6.07) is 12.2. The first-order chi connectivity index (χ1) is 14.5. The normalized spacial score (nSPS) is 25.3. The van der Waals surface area contributed by atoms with E-state index < -0.39 is 6.04 Å². The number of hydrogen-bond acceptors (Lipinski definition) is 5. The molecule has 30 heavy (non-hydrogen) atoms. The van der Waals surface area contributed by atoms with Crippen molar-refractivity contribution in [2.75, 3.05) is 11.9 Å². The average Bonchev–Trinajstić information content (AvgIpc) is 3.53. The second-order valence-electron chi connectivity index (χ2n) is 8.55. The molecule has 1 aliphatic carbocycles. The van der Waals surface area contributed by atoms with Gasteiger partial charge in [0.15, 0.2) is 0 Å². The van der Waals surface area contributed by atoms with Gasteiger partial charge < -0.3 is 15.5 Å². The van der Waals surface area contributed by atoms with Crippen molar-refractivity contribution < 1.29 is 9.59 Å². The van der Waals surface area contributed by atoms with E-state index in [0.717, 1.165) is 45.8 Å². The summed E-state index contributed by atoms with van der Waals surface area (Å²) in [6.45, 7) is 0. The highest BCUT2D eigenvalue weighted by atomic mass is 32.1. The largest absolute Gasteiger partial charge is 0.339 e. The minimum absolute atomic E-state index is 0.0446. The summed E-state index contributed by atoms with van der Waals surface area (Å²) in [5.41, 5.74) is 3.09. The lowest BCUT2D eigenvalue weighted by Crippen LogP contribution is -2.50. The number of likely N-dealkylation sites (N-methyl/N-ethyl adjacent to an activating group) is 1. The number of benzene rings is 1. The Hall–Kier alpha value is -2.69. The fourth-order valence-corrected chi connectivity index (χ4v) is 6.03. The lowest BCUT2D eigenvalue weighted by Gasteiger charge is -2.23. The van der Waals surface area contributed by atoms with E-state index in [4.69, 9.17) is 0 Å². The lowest BCUT2D eigenvalue weighted by atomic mass is 9.99. The van der Waals surface area contributed by atoms with Crippen LogP contribution in [0.15, 0.2) is 30.3 Å². The minimum Gasteiger partial charge on any atom is -0.339 e. The maximum absolute atomic E-state index is 12.6. The van der Waals surface area contributed by atoms with Gasteiger partial charge in [-0.15, -0.1) is 11.3 Å². The summed E-state index contributed by atoms with van der Waals surface area (Å²) in [7, 11) is 1.81. The molecule has 1 saturated carbocycles. The number of piperidine rings is 1. The van der Waals surface area contributed by atoms with Crippen LogP contribution in [-0.4, -0.2) is 37.0 Å². The summed E-state index contributed by atoms with van der Waals surface area (Å²) in [5, 5.41) is 15.9. The lowest BCUT2D eigenvalue weighted by molar-refractivity contribution is -0.124. The first-order valence-corrected chi connectivity index (χ1v) is 11.3. The maximum atomic E-state index is 12.6. The number of thiophene rings is 1. The van der Waals surface area contributed by atoms with E-state index in [1.54, 1.807) is 16.2 Å². The quantitative estimate of drug-likeness (QED) is 0.779. The van der Waals surface area contributed by atoms with Crippen LogP contribution in [-0.2, 0) is 22.4 Å². The summed E-state index contributed by atoms with van der Waals surface area (Å²) in [6.07, 6.45) is 4.29. The molecule has 1 saturated heterocycles. The van der Waals surface area contributed by atoms with Crippen LogP contribution in [0.5, 0.6) is 0 Å². The van der Waals surface area contributed by atoms with Crippen molar-refractivity contribution in [1.82, 2.24) is 10.6 Å². The van der Waals surface area contributed by atoms with Crippen molar-refractivity contribution in [3.8, 4) is 16.5 Å². The van der Waals surface area contributed by atoms with Crippen LogP contribution in [0.3, 0.4) is 0 Å². The fraction of sp³-hybridized carbons (Fsp3) is 0.435. The number of carbonyl (C=O) groups excluding carboxylic acids is 2. The third-order valence-electron chi connectivity index (χ3n) is 6.63. The number of hydrogen-bond donors (Lipinski definition) is 2. The Kier molecular flexibility index (Phi) is 4.84. The molecule has 6 nitrogen and oxygen atoms in total. The Morgan fingerprint density at radius 3 is 2.97 bits per heavy atom. The summed E-state index contributed by atoms with van der Waals surface area (Å²) < 4.78 is 0. The maximum Gasteiger partial charge on any atom is 0.238 e. The van der Waals surface area contributed by atoms with Gasteiger partial charge in [0.25, 0.3) is 0 Å². The molecule has 2 fully saturated rings. The predicted octanol–water partition coefficient (Wildman–Crippen LogP) is 2.63. The van der Waals surface area contributed by atoms with Gasteiger partial charge in [-0.1, -0.05) is 12.1 Å². The third-order valence-corrected chi connectivity index (χ3v) is 7.79. The Morgan fingerprint density at radius 2 is 2.23 bits per heavy atom. The number of nitrogens with zero attached hydrogens (tertiary/aromatic N) is 2. The van der Waals surface area contributed by atoms with E-state index in [-0.39, 0.29) is 17.9 Å². The van der Waals surface area contributed by atoms with Gasteiger partial charge in [0, 0.05) is 35.0 Å². The van der Waals surface area contributed by atoms with E-state index in [0.29, 0.717) is 24.8 Å². The van der Waals surface area contributed by atoms with Crippen LogP contribution < -0.4 is 15.5 Å². The molecule has 3 heterocycles. The zero-order chi connectivity index (χ0) is 20.8. The monoisotopic (exact) mass is 420 g/mol. The minimum atomic E-state index is -0.534. The molecule has 1 aromatic heterocycles. The Morgan fingerprint density at radius 1 is 1.37 bits per heavy atom. The molecule has 3 aliphatic rings. The van der Waals surface area contributed by atoms with E-state index >= 15 is 0 Å². The Balaban J connectivity index is 1.26. The standard InChI is InChI=1S/C23H24N4O2S/c1-27-19-9-14(3-2-13(19)10-21(27)28)20-7-6-18(30-20)11-17(12-24)26-23(29)22-15-4-5-16(8-15)25-22/h2-3,6-7,9,15-17,22,25H,4-5,8,10-11H2,1H3,(H,26,29)/t15?,16?,17-,22?/m0/s1. The number of amides is 2. The molecule has 1 aromatic carbocycles. The molecular formula is C23H24N4O2S. The molecule has 2 N–H and O–H groups in total. The second kappa shape index (κ2) is 7.53. The van der Waals surface area contributed by atoms with E-state index in [1.165, 1.54) is 0 Å². The average molecular weight is 421 g/mol. The number of fused-ring (bicyclic) bond motifs is 3. The smallest absolute Gasteiger partial charge is 0.238 e. The first kappa shape index (κ1) is 19.3. The Labute approximate surface area is 179 Å². The number of nitrogens with one attached hydrogen (secondary N) is 2. The van der Waals surface area contributed by atoms with Crippen molar-refractivity contribution >= 4 is 28.8 Å². The van der Waals surface area contributed by atoms with Gasteiger partial charge >= 0.3 is 0 Å². The van der Waals surface area contributed by atoms with Crippen molar-refractivity contribution in [1.29, 1.82) is 5.26 Å². The van der Waals surface area contributed by atoms with Crippen LogP contribution in [0.1, 0.15) is 29.7 Å². The molecule has 2 aliphatic heterocycles. The van der Waals surface area contributed by atoms with Gasteiger partial charge in [-0.3, -0.25) is 9.59 Å². The van der Waals surface area contributed by atoms with Crippen LogP contribution in [0, 0.1) is 17.2 Å². The van der Waals surface area contributed by atoms with Crippen LogP contribution in [0.4, 0.5) is 5.69 Å². The molecule has 3 unspecified atom stereocenters. The zero-order valence-electron chi connectivity index (χ0n) is 16.9. The molecule has 2 aromatic rings. The number of rotatable bonds is 5. The molecule has 4 atom stereocenters. The fourth-order valence-electron chi connectivity index (χ4n) is 4.98.